The zero-order valence-electron chi connectivity index (χ0n) is 15.2. The molecule has 0 aliphatic rings. The molecule has 0 aliphatic heterocycles. The Morgan fingerprint density at radius 3 is 1.21 bits per heavy atom. The van der Waals surface area contributed by atoms with Crippen molar-refractivity contribution in [1.82, 2.24) is 0 Å². The van der Waals surface area contributed by atoms with E-state index in [2.05, 4.69) is 0 Å². The fourth-order valence-electron chi connectivity index (χ4n) is 1.93. The number of halogens is 5. The van der Waals surface area contributed by atoms with Crippen molar-refractivity contribution >= 4 is 26.7 Å². The van der Waals surface area contributed by atoms with Crippen LogP contribution in [0.5, 0.6) is 0 Å². The van der Waals surface area contributed by atoms with E-state index in [9.17, 15) is 36.3 Å². The van der Waals surface area contributed by atoms with Crippen LogP contribution >= 0.6 is 0 Å². The largest absolute Gasteiger partial charge is 0.710 e. The molecule has 28 heavy (non-hydrogen) atoms. The van der Waals surface area contributed by atoms with Crippen LogP contribution in [-0.2, 0) is 33.7 Å². The van der Waals surface area contributed by atoms with Crippen molar-refractivity contribution < 1.29 is 49.6 Å². The van der Waals surface area contributed by atoms with Crippen LogP contribution in [-0.4, -0.2) is 26.7 Å². The van der Waals surface area contributed by atoms with E-state index in [1.165, 1.54) is 20.8 Å². The SMILES string of the molecule is CCC(=O)O[Si](Cc1c(F)c(F)c(F)c(F)c1F)(OC(=O)CC)OC(=O)CC. The average molecular weight is 428 g/mol. The maximum Gasteiger partial charge on any atom is 0.710 e. The van der Waals surface area contributed by atoms with E-state index in [0.29, 0.717) is 0 Å². The molecule has 0 aliphatic carbocycles. The summed E-state index contributed by atoms with van der Waals surface area (Å²) in [6.45, 7) is 3.97. The Morgan fingerprint density at radius 1 is 0.643 bits per heavy atom. The van der Waals surface area contributed by atoms with Gasteiger partial charge in [-0.15, -0.1) is 0 Å². The van der Waals surface area contributed by atoms with Crippen LogP contribution in [0.15, 0.2) is 0 Å². The third-order valence-electron chi connectivity index (χ3n) is 3.37. The Labute approximate surface area is 157 Å². The smallest absolute Gasteiger partial charge is 0.455 e. The van der Waals surface area contributed by atoms with Gasteiger partial charge in [0.25, 0.3) is 17.9 Å². The molecule has 0 unspecified atom stereocenters. The van der Waals surface area contributed by atoms with Crippen LogP contribution in [0.25, 0.3) is 0 Å². The number of benzene rings is 1. The fourth-order valence-corrected chi connectivity index (χ4v) is 4.49. The van der Waals surface area contributed by atoms with Crippen molar-refractivity contribution in [1.29, 1.82) is 0 Å². The quantitative estimate of drug-likeness (QED) is 0.274. The molecule has 1 rings (SSSR count). The summed E-state index contributed by atoms with van der Waals surface area (Å²) in [4.78, 5) is 35.2. The van der Waals surface area contributed by atoms with Gasteiger partial charge in [0, 0.05) is 24.8 Å². The van der Waals surface area contributed by atoms with Gasteiger partial charge in [-0.1, -0.05) is 20.8 Å². The van der Waals surface area contributed by atoms with Crippen LogP contribution in [0, 0.1) is 29.1 Å². The van der Waals surface area contributed by atoms with E-state index < -0.39 is 67.4 Å². The first-order valence-electron chi connectivity index (χ1n) is 8.17. The first-order valence-corrected chi connectivity index (χ1v) is 10.1. The number of rotatable bonds is 8. The molecule has 12 heteroatoms. The molecule has 0 aromatic heterocycles. The van der Waals surface area contributed by atoms with Crippen molar-refractivity contribution in [2.24, 2.45) is 0 Å². The van der Waals surface area contributed by atoms with Crippen LogP contribution in [0.1, 0.15) is 45.6 Å². The molecular formula is C16H17F5O6Si. The number of carbonyl (C=O) groups excluding carboxylic acids is 3. The molecule has 1 aromatic rings. The van der Waals surface area contributed by atoms with Gasteiger partial charge in [0.15, 0.2) is 23.3 Å². The molecule has 0 fully saturated rings. The van der Waals surface area contributed by atoms with E-state index >= 15 is 0 Å². The van der Waals surface area contributed by atoms with Crippen molar-refractivity contribution in [2.45, 2.75) is 46.1 Å². The second-order valence-corrected chi connectivity index (χ2v) is 7.72. The fraction of sp³-hybridized carbons (Fsp3) is 0.438. The highest BCUT2D eigenvalue weighted by Gasteiger charge is 2.54. The molecule has 6 nitrogen and oxygen atoms in total. The van der Waals surface area contributed by atoms with E-state index in [4.69, 9.17) is 13.3 Å². The predicted molar refractivity (Wildman–Crippen MR) is 84.8 cm³/mol. The Balaban J connectivity index is 3.59. The maximum absolute atomic E-state index is 14.1. The topological polar surface area (TPSA) is 78.9 Å². The molecule has 1 aromatic carbocycles. The Morgan fingerprint density at radius 2 is 0.929 bits per heavy atom. The lowest BCUT2D eigenvalue weighted by Gasteiger charge is -2.27. The number of carbonyl (C=O) groups is 3. The minimum atomic E-state index is -4.90. The standard InChI is InChI=1S/C16H17F5O6Si/c1-4-9(22)25-28(26-10(23)5-2,27-11(24)6-3)7-8-12(17)14(19)16(21)15(20)13(8)18/h4-7H2,1-3H3. The van der Waals surface area contributed by atoms with Gasteiger partial charge in [-0.25, -0.2) is 22.0 Å². The highest BCUT2D eigenvalue weighted by atomic mass is 28.4. The van der Waals surface area contributed by atoms with Crippen molar-refractivity contribution in [3.63, 3.8) is 0 Å². The maximum atomic E-state index is 14.1. The Bertz CT molecular complexity index is 711. The highest BCUT2D eigenvalue weighted by Crippen LogP contribution is 2.28. The van der Waals surface area contributed by atoms with E-state index in [1.54, 1.807) is 0 Å². The lowest BCUT2D eigenvalue weighted by molar-refractivity contribution is -0.150. The van der Waals surface area contributed by atoms with Crippen molar-refractivity contribution in [3.05, 3.63) is 34.6 Å². The minimum Gasteiger partial charge on any atom is -0.455 e. The summed E-state index contributed by atoms with van der Waals surface area (Å²) in [5, 5.41) is 0. The monoisotopic (exact) mass is 428 g/mol. The number of hydrogen-bond donors (Lipinski definition) is 0. The van der Waals surface area contributed by atoms with Gasteiger partial charge in [-0.05, 0) is 0 Å². The third kappa shape index (κ3) is 5.27. The van der Waals surface area contributed by atoms with Gasteiger partial charge < -0.3 is 13.3 Å². The Hall–Kier alpha value is -2.50. The van der Waals surface area contributed by atoms with Gasteiger partial charge in [-0.3, -0.25) is 14.4 Å². The molecule has 0 N–H and O–H groups in total. The lowest BCUT2D eigenvalue weighted by atomic mass is 10.2. The second-order valence-electron chi connectivity index (χ2n) is 5.39. The summed E-state index contributed by atoms with van der Waals surface area (Å²) >= 11 is 0. The van der Waals surface area contributed by atoms with Gasteiger partial charge in [0.05, 0.1) is 6.04 Å². The summed E-state index contributed by atoms with van der Waals surface area (Å²) in [5.41, 5.74) is -1.43. The molecule has 0 spiro atoms. The normalized spacial score (nSPS) is 11.1. The van der Waals surface area contributed by atoms with Gasteiger partial charge in [0.1, 0.15) is 0 Å². The average Bonchev–Trinajstić information content (AvgIpc) is 2.67. The molecule has 0 saturated heterocycles. The first-order chi connectivity index (χ1) is 13.0. The van der Waals surface area contributed by atoms with E-state index in [1.807, 2.05) is 0 Å². The van der Waals surface area contributed by atoms with Crippen molar-refractivity contribution in [3.8, 4) is 0 Å². The third-order valence-corrected chi connectivity index (χ3v) is 5.77. The van der Waals surface area contributed by atoms with Crippen LogP contribution in [0.4, 0.5) is 22.0 Å². The molecule has 0 saturated carbocycles. The lowest BCUT2D eigenvalue weighted by Crippen LogP contribution is -2.53. The molecule has 0 atom stereocenters. The van der Waals surface area contributed by atoms with E-state index in [0.717, 1.165) is 0 Å². The Kier molecular flexibility index (Phi) is 8.09. The zero-order valence-corrected chi connectivity index (χ0v) is 16.2. The van der Waals surface area contributed by atoms with Crippen LogP contribution in [0.3, 0.4) is 0 Å². The first kappa shape index (κ1) is 23.5. The molecular weight excluding hydrogens is 411 g/mol. The zero-order chi connectivity index (χ0) is 21.6. The molecule has 0 amide bonds. The molecule has 0 heterocycles. The predicted octanol–water partition coefficient (Wildman–Crippen LogP) is 3.26. The summed E-state index contributed by atoms with van der Waals surface area (Å²) in [6.07, 6.45) is -0.919. The summed E-state index contributed by atoms with van der Waals surface area (Å²) < 4.78 is 83.1. The minimum absolute atomic E-state index is 0.306. The second kappa shape index (κ2) is 9.62. The van der Waals surface area contributed by atoms with Crippen LogP contribution < -0.4 is 0 Å². The number of hydrogen-bond acceptors (Lipinski definition) is 6. The molecule has 0 radical (unpaired) electrons. The van der Waals surface area contributed by atoms with Gasteiger partial charge >= 0.3 is 8.80 Å². The summed E-state index contributed by atoms with van der Waals surface area (Å²) in [7, 11) is -4.90. The van der Waals surface area contributed by atoms with Gasteiger partial charge in [-0.2, -0.15) is 0 Å². The highest BCUT2D eigenvalue weighted by molar-refractivity contribution is 6.65. The molecule has 156 valence electrons. The van der Waals surface area contributed by atoms with Crippen LogP contribution in [0.2, 0.25) is 0 Å². The summed E-state index contributed by atoms with van der Waals surface area (Å²) in [5.74, 6) is -14.5. The molecule has 0 bridgehead atoms. The summed E-state index contributed by atoms with van der Waals surface area (Å²) in [6, 6.07) is -1.32. The van der Waals surface area contributed by atoms with Gasteiger partial charge in [0.2, 0.25) is 5.82 Å². The van der Waals surface area contributed by atoms with Crippen molar-refractivity contribution in [2.75, 3.05) is 0 Å². The van der Waals surface area contributed by atoms with E-state index in [-0.39, 0.29) is 19.3 Å².